The highest BCUT2D eigenvalue weighted by atomic mass is 15.1. The molecule has 1 aliphatic heterocycles. The Labute approximate surface area is 112 Å². The van der Waals surface area contributed by atoms with Gasteiger partial charge in [-0.1, -0.05) is 6.92 Å². The Morgan fingerprint density at radius 3 is 2.72 bits per heavy atom. The molecule has 0 spiro atoms. The van der Waals surface area contributed by atoms with Crippen LogP contribution >= 0.6 is 0 Å². The Balaban J connectivity index is 2.46. The van der Waals surface area contributed by atoms with Gasteiger partial charge in [0.2, 0.25) is 0 Å². The summed E-state index contributed by atoms with van der Waals surface area (Å²) in [6.45, 7) is 7.47. The van der Waals surface area contributed by atoms with Crippen molar-refractivity contribution in [1.82, 2.24) is 15.1 Å². The minimum atomic E-state index is -0.293. The number of hydrogen-bond donors (Lipinski definition) is 1. The van der Waals surface area contributed by atoms with E-state index in [0.29, 0.717) is 0 Å². The first-order valence-corrected chi connectivity index (χ1v) is 7.15. The average Bonchev–Trinajstić information content (AvgIpc) is 2.53. The van der Waals surface area contributed by atoms with Crippen LogP contribution in [0.4, 0.5) is 0 Å². The van der Waals surface area contributed by atoms with E-state index in [0.717, 1.165) is 45.4 Å². The van der Waals surface area contributed by atoms with E-state index < -0.39 is 0 Å². The predicted octanol–water partition coefficient (Wildman–Crippen LogP) is 1.30. The van der Waals surface area contributed by atoms with Crippen LogP contribution < -0.4 is 5.32 Å². The molecular weight excluding hydrogens is 224 g/mol. The molecule has 4 heteroatoms. The number of nitrogens with one attached hydrogen (secondary N) is 1. The summed E-state index contributed by atoms with van der Waals surface area (Å²) < 4.78 is 0. The van der Waals surface area contributed by atoms with E-state index in [2.05, 4.69) is 42.2 Å². The largest absolute Gasteiger partial charge is 0.308 e. The maximum absolute atomic E-state index is 9.50. The molecule has 1 saturated heterocycles. The average molecular weight is 252 g/mol. The van der Waals surface area contributed by atoms with Crippen molar-refractivity contribution in [3.05, 3.63) is 0 Å². The molecule has 1 rings (SSSR count). The Bertz CT molecular complexity index is 271. The third-order valence-electron chi connectivity index (χ3n) is 3.71. The first-order valence-electron chi connectivity index (χ1n) is 7.15. The van der Waals surface area contributed by atoms with Crippen LogP contribution in [0.2, 0.25) is 0 Å². The lowest BCUT2D eigenvalue weighted by Crippen LogP contribution is -2.47. The van der Waals surface area contributed by atoms with Crippen molar-refractivity contribution in [3.8, 4) is 6.07 Å². The quantitative estimate of drug-likeness (QED) is 0.773. The molecule has 0 saturated carbocycles. The molecule has 1 heterocycles. The van der Waals surface area contributed by atoms with E-state index in [4.69, 9.17) is 0 Å². The molecule has 104 valence electrons. The summed E-state index contributed by atoms with van der Waals surface area (Å²) >= 11 is 0. The van der Waals surface area contributed by atoms with E-state index in [1.807, 2.05) is 0 Å². The van der Waals surface area contributed by atoms with E-state index in [1.54, 1.807) is 0 Å². The summed E-state index contributed by atoms with van der Waals surface area (Å²) in [5, 5.41) is 13.0. The Hall–Kier alpha value is -0.630. The third-order valence-corrected chi connectivity index (χ3v) is 3.71. The molecular formula is C14H28N4. The fourth-order valence-corrected chi connectivity index (χ4v) is 2.58. The van der Waals surface area contributed by atoms with Gasteiger partial charge in [-0.05, 0) is 52.9 Å². The molecule has 0 amide bonds. The molecule has 0 bridgehead atoms. The first kappa shape index (κ1) is 15.4. The van der Waals surface area contributed by atoms with Crippen LogP contribution in [0.1, 0.15) is 32.6 Å². The fourth-order valence-electron chi connectivity index (χ4n) is 2.58. The molecule has 0 aliphatic carbocycles. The maximum Gasteiger partial charge on any atom is 0.108 e. The Morgan fingerprint density at radius 2 is 2.11 bits per heavy atom. The maximum atomic E-state index is 9.50. The molecule has 1 fully saturated rings. The van der Waals surface area contributed by atoms with Crippen LogP contribution in [0.5, 0.6) is 0 Å². The number of nitrogens with zero attached hydrogens (tertiary/aromatic N) is 3. The van der Waals surface area contributed by atoms with E-state index in [9.17, 15) is 5.26 Å². The van der Waals surface area contributed by atoms with Crippen LogP contribution in [0.15, 0.2) is 0 Å². The van der Waals surface area contributed by atoms with Crippen molar-refractivity contribution in [2.24, 2.45) is 0 Å². The van der Waals surface area contributed by atoms with Gasteiger partial charge in [-0.15, -0.1) is 0 Å². The third kappa shape index (κ3) is 4.93. The summed E-state index contributed by atoms with van der Waals surface area (Å²) in [7, 11) is 4.13. The summed E-state index contributed by atoms with van der Waals surface area (Å²) in [5.41, 5.74) is -0.293. The molecule has 1 N–H and O–H groups in total. The molecule has 4 nitrogen and oxygen atoms in total. The number of nitriles is 1. The van der Waals surface area contributed by atoms with Gasteiger partial charge < -0.3 is 9.80 Å². The van der Waals surface area contributed by atoms with Gasteiger partial charge in [0.1, 0.15) is 5.54 Å². The van der Waals surface area contributed by atoms with Crippen LogP contribution in [-0.4, -0.2) is 62.2 Å². The number of likely N-dealkylation sites (tertiary alicyclic amines) is 1. The van der Waals surface area contributed by atoms with Gasteiger partial charge in [0, 0.05) is 19.6 Å². The van der Waals surface area contributed by atoms with Crippen molar-refractivity contribution in [3.63, 3.8) is 0 Å². The molecule has 0 aromatic rings. The second-order valence-electron chi connectivity index (χ2n) is 5.62. The summed E-state index contributed by atoms with van der Waals surface area (Å²) in [5.74, 6) is 0. The van der Waals surface area contributed by atoms with Gasteiger partial charge in [0.15, 0.2) is 0 Å². The molecule has 18 heavy (non-hydrogen) atoms. The van der Waals surface area contributed by atoms with E-state index in [-0.39, 0.29) is 5.54 Å². The van der Waals surface area contributed by atoms with E-state index in [1.165, 1.54) is 13.0 Å². The predicted molar refractivity (Wildman–Crippen MR) is 75.5 cm³/mol. The highest BCUT2D eigenvalue weighted by Gasteiger charge is 2.31. The molecule has 1 atom stereocenters. The zero-order valence-electron chi connectivity index (χ0n) is 12.2. The summed E-state index contributed by atoms with van der Waals surface area (Å²) in [4.78, 5) is 4.64. The molecule has 0 radical (unpaired) electrons. The minimum Gasteiger partial charge on any atom is -0.308 e. The van der Waals surface area contributed by atoms with Crippen molar-refractivity contribution in [2.75, 3.05) is 46.8 Å². The topological polar surface area (TPSA) is 42.3 Å². The number of hydrogen-bond acceptors (Lipinski definition) is 4. The van der Waals surface area contributed by atoms with E-state index >= 15 is 0 Å². The van der Waals surface area contributed by atoms with Crippen LogP contribution in [0.3, 0.4) is 0 Å². The summed E-state index contributed by atoms with van der Waals surface area (Å²) in [6.07, 6.45) is 4.27. The van der Waals surface area contributed by atoms with Crippen molar-refractivity contribution >= 4 is 0 Å². The zero-order chi connectivity index (χ0) is 13.4. The highest BCUT2D eigenvalue weighted by Crippen LogP contribution is 2.21. The van der Waals surface area contributed by atoms with Gasteiger partial charge in [0.05, 0.1) is 6.07 Å². The summed E-state index contributed by atoms with van der Waals surface area (Å²) in [6, 6.07) is 2.54. The lowest BCUT2D eigenvalue weighted by Gasteiger charge is -2.27. The van der Waals surface area contributed by atoms with Crippen molar-refractivity contribution in [2.45, 2.75) is 38.1 Å². The number of rotatable bonds is 6. The van der Waals surface area contributed by atoms with Gasteiger partial charge in [-0.25, -0.2) is 0 Å². The second kappa shape index (κ2) is 7.73. The van der Waals surface area contributed by atoms with Gasteiger partial charge in [-0.3, -0.25) is 5.32 Å². The lowest BCUT2D eigenvalue weighted by atomic mass is 9.92. The van der Waals surface area contributed by atoms with Gasteiger partial charge in [-0.2, -0.15) is 5.26 Å². The van der Waals surface area contributed by atoms with Crippen molar-refractivity contribution in [1.29, 1.82) is 5.26 Å². The monoisotopic (exact) mass is 252 g/mol. The van der Waals surface area contributed by atoms with Crippen molar-refractivity contribution < 1.29 is 0 Å². The Morgan fingerprint density at radius 1 is 1.33 bits per heavy atom. The molecule has 1 unspecified atom stereocenters. The van der Waals surface area contributed by atoms with Crippen LogP contribution in [-0.2, 0) is 0 Å². The molecule has 1 aliphatic rings. The van der Waals surface area contributed by atoms with Gasteiger partial charge >= 0.3 is 0 Å². The smallest absolute Gasteiger partial charge is 0.108 e. The second-order valence-corrected chi connectivity index (χ2v) is 5.62. The molecule has 0 aromatic heterocycles. The minimum absolute atomic E-state index is 0.293. The van der Waals surface area contributed by atoms with Gasteiger partial charge in [0.25, 0.3) is 0 Å². The Kier molecular flexibility index (Phi) is 6.62. The zero-order valence-corrected chi connectivity index (χ0v) is 12.2. The highest BCUT2D eigenvalue weighted by molar-refractivity contribution is 5.08. The standard InChI is InChI=1S/C14H28N4/c1-4-9-18-10-5-6-14(13-15,7-11-18)16-8-12-17(2)3/h16H,4-12H2,1-3H3. The first-order chi connectivity index (χ1) is 8.62. The normalized spacial score (nSPS) is 25.9. The van der Waals surface area contributed by atoms with Crippen LogP contribution in [0, 0.1) is 11.3 Å². The molecule has 0 aromatic carbocycles. The van der Waals surface area contributed by atoms with Crippen LogP contribution in [0.25, 0.3) is 0 Å². The lowest BCUT2D eigenvalue weighted by molar-refractivity contribution is 0.273. The fraction of sp³-hybridized carbons (Fsp3) is 0.929. The number of likely N-dealkylation sites (N-methyl/N-ethyl adjacent to an activating group) is 1. The SMILES string of the molecule is CCCN1CCCC(C#N)(NCCN(C)C)CC1.